The molecule has 1 fully saturated rings. The molecule has 2 rings (SSSR count). The number of nitrogens with one attached hydrogen (secondary N) is 1. The van der Waals surface area contributed by atoms with Crippen molar-refractivity contribution in [2.45, 2.75) is 32.4 Å². The first-order valence-electron chi connectivity index (χ1n) is 7.58. The summed E-state index contributed by atoms with van der Waals surface area (Å²) in [5, 5.41) is 2.78. The zero-order valence-electron chi connectivity index (χ0n) is 12.5. The molecule has 1 amide bonds. The first-order valence-corrected chi connectivity index (χ1v) is 7.58. The number of nitrogens with two attached hydrogens (primary N) is 1. The Bertz CT molecular complexity index is 480. The molecule has 2 unspecified atom stereocenters. The fraction of sp³-hybridized carbons (Fsp3) is 0.562. The number of likely N-dealkylation sites (tertiary alicyclic amines) is 1. The maximum atomic E-state index is 13.5. The first kappa shape index (κ1) is 15.9. The van der Waals surface area contributed by atoms with Crippen molar-refractivity contribution in [3.05, 3.63) is 35.6 Å². The number of hydrogen-bond acceptors (Lipinski definition) is 3. The molecule has 0 aromatic heterocycles. The van der Waals surface area contributed by atoms with Crippen molar-refractivity contribution in [3.63, 3.8) is 0 Å². The van der Waals surface area contributed by atoms with Gasteiger partial charge in [0.05, 0.1) is 6.54 Å². The molecule has 1 heterocycles. The lowest BCUT2D eigenvalue weighted by molar-refractivity contribution is -0.122. The van der Waals surface area contributed by atoms with Gasteiger partial charge in [-0.3, -0.25) is 9.69 Å². The van der Waals surface area contributed by atoms with Gasteiger partial charge in [0.15, 0.2) is 0 Å². The van der Waals surface area contributed by atoms with Gasteiger partial charge in [-0.05, 0) is 18.4 Å². The molecule has 3 N–H and O–H groups in total. The third kappa shape index (κ3) is 4.51. The van der Waals surface area contributed by atoms with E-state index in [-0.39, 0.29) is 24.3 Å². The van der Waals surface area contributed by atoms with E-state index in [1.54, 1.807) is 18.2 Å². The second-order valence-electron chi connectivity index (χ2n) is 5.72. The molecule has 0 saturated carbocycles. The summed E-state index contributed by atoms with van der Waals surface area (Å²) in [6.45, 7) is 4.44. The van der Waals surface area contributed by atoms with Gasteiger partial charge in [-0.25, -0.2) is 4.39 Å². The van der Waals surface area contributed by atoms with E-state index in [2.05, 4.69) is 17.1 Å². The summed E-state index contributed by atoms with van der Waals surface area (Å²) in [4.78, 5) is 14.1. The van der Waals surface area contributed by atoms with Crippen LogP contribution in [0.15, 0.2) is 24.3 Å². The van der Waals surface area contributed by atoms with E-state index in [0.29, 0.717) is 18.0 Å². The van der Waals surface area contributed by atoms with Gasteiger partial charge in [0.2, 0.25) is 5.91 Å². The predicted molar refractivity (Wildman–Crippen MR) is 81.1 cm³/mol. The van der Waals surface area contributed by atoms with E-state index >= 15 is 0 Å². The fourth-order valence-corrected chi connectivity index (χ4v) is 2.80. The summed E-state index contributed by atoms with van der Waals surface area (Å²) in [6, 6.07) is 6.74. The number of amides is 1. The topological polar surface area (TPSA) is 58.4 Å². The van der Waals surface area contributed by atoms with E-state index in [1.165, 1.54) is 6.07 Å². The number of hydrogen-bond donors (Lipinski definition) is 2. The molecule has 5 heteroatoms. The number of carbonyl (C=O) groups is 1. The van der Waals surface area contributed by atoms with Gasteiger partial charge in [-0.15, -0.1) is 0 Å². The van der Waals surface area contributed by atoms with Crippen molar-refractivity contribution in [3.8, 4) is 0 Å². The Labute approximate surface area is 125 Å². The smallest absolute Gasteiger partial charge is 0.234 e. The Kier molecular flexibility index (Phi) is 5.70. The Morgan fingerprint density at radius 3 is 2.95 bits per heavy atom. The van der Waals surface area contributed by atoms with Crippen LogP contribution in [-0.4, -0.2) is 36.5 Å². The second-order valence-corrected chi connectivity index (χ2v) is 5.72. The minimum absolute atomic E-state index is 0.0661. The molecular formula is C16H24FN3O. The second kappa shape index (κ2) is 7.52. The highest BCUT2D eigenvalue weighted by Crippen LogP contribution is 2.18. The lowest BCUT2D eigenvalue weighted by atomic mass is 9.91. The average molecular weight is 293 g/mol. The number of halogens is 1. The van der Waals surface area contributed by atoms with Crippen LogP contribution in [0, 0.1) is 11.7 Å². The highest BCUT2D eigenvalue weighted by Gasteiger charge is 2.26. The number of piperidine rings is 1. The molecule has 0 radical (unpaired) electrons. The van der Waals surface area contributed by atoms with Crippen LogP contribution in [0.5, 0.6) is 0 Å². The summed E-state index contributed by atoms with van der Waals surface area (Å²) < 4.78 is 13.5. The summed E-state index contributed by atoms with van der Waals surface area (Å²) in [5.74, 6) is 0.106. The first-order chi connectivity index (χ1) is 10.1. The SMILES string of the molecule is CCC1CN(CC(=O)NCc2ccccc2F)CCC1N. The van der Waals surface area contributed by atoms with Crippen LogP contribution in [0.1, 0.15) is 25.3 Å². The zero-order chi connectivity index (χ0) is 15.2. The minimum atomic E-state index is -0.284. The summed E-state index contributed by atoms with van der Waals surface area (Å²) >= 11 is 0. The van der Waals surface area contributed by atoms with Gasteiger partial charge < -0.3 is 11.1 Å². The monoisotopic (exact) mass is 293 g/mol. The van der Waals surface area contributed by atoms with Crippen LogP contribution in [0.25, 0.3) is 0 Å². The van der Waals surface area contributed by atoms with E-state index in [0.717, 1.165) is 25.9 Å². The molecular weight excluding hydrogens is 269 g/mol. The Morgan fingerprint density at radius 1 is 1.48 bits per heavy atom. The lowest BCUT2D eigenvalue weighted by Crippen LogP contribution is -2.49. The van der Waals surface area contributed by atoms with Crippen LogP contribution in [-0.2, 0) is 11.3 Å². The highest BCUT2D eigenvalue weighted by molar-refractivity contribution is 5.78. The average Bonchev–Trinajstić information content (AvgIpc) is 2.48. The minimum Gasteiger partial charge on any atom is -0.351 e. The maximum absolute atomic E-state index is 13.5. The maximum Gasteiger partial charge on any atom is 0.234 e. The third-order valence-corrected chi connectivity index (χ3v) is 4.20. The molecule has 21 heavy (non-hydrogen) atoms. The van der Waals surface area contributed by atoms with Crippen LogP contribution in [0.4, 0.5) is 4.39 Å². The van der Waals surface area contributed by atoms with Crippen molar-refractivity contribution in [2.24, 2.45) is 11.7 Å². The van der Waals surface area contributed by atoms with Crippen LogP contribution in [0.2, 0.25) is 0 Å². The Balaban J connectivity index is 1.78. The molecule has 1 aliphatic heterocycles. The van der Waals surface area contributed by atoms with Gasteiger partial charge in [0.25, 0.3) is 0 Å². The van der Waals surface area contributed by atoms with Gasteiger partial charge in [0.1, 0.15) is 5.82 Å². The Hall–Kier alpha value is -1.46. The quantitative estimate of drug-likeness (QED) is 0.865. The zero-order valence-corrected chi connectivity index (χ0v) is 12.5. The predicted octanol–water partition coefficient (Wildman–Crippen LogP) is 1.50. The number of rotatable bonds is 5. The van der Waals surface area contributed by atoms with E-state index in [1.807, 2.05) is 0 Å². The van der Waals surface area contributed by atoms with Crippen molar-refractivity contribution >= 4 is 5.91 Å². The lowest BCUT2D eigenvalue weighted by Gasteiger charge is -2.36. The van der Waals surface area contributed by atoms with Crippen molar-refractivity contribution in [1.82, 2.24) is 10.2 Å². The standard InChI is InChI=1S/C16H24FN3O/c1-2-12-10-20(8-7-15(12)18)11-16(21)19-9-13-5-3-4-6-14(13)17/h3-6,12,15H,2,7-11,18H2,1H3,(H,19,21). The molecule has 0 spiro atoms. The molecule has 1 saturated heterocycles. The number of benzene rings is 1. The Morgan fingerprint density at radius 2 is 2.24 bits per heavy atom. The van der Waals surface area contributed by atoms with Crippen LogP contribution < -0.4 is 11.1 Å². The van der Waals surface area contributed by atoms with Crippen molar-refractivity contribution in [2.75, 3.05) is 19.6 Å². The van der Waals surface area contributed by atoms with Gasteiger partial charge in [-0.1, -0.05) is 31.5 Å². The molecule has 0 bridgehead atoms. The van der Waals surface area contributed by atoms with Crippen LogP contribution in [0.3, 0.4) is 0 Å². The molecule has 1 aromatic rings. The molecule has 1 aromatic carbocycles. The van der Waals surface area contributed by atoms with Gasteiger partial charge >= 0.3 is 0 Å². The normalized spacial score (nSPS) is 23.0. The number of nitrogens with zero attached hydrogens (tertiary/aromatic N) is 1. The molecule has 0 aliphatic carbocycles. The fourth-order valence-electron chi connectivity index (χ4n) is 2.80. The van der Waals surface area contributed by atoms with Crippen molar-refractivity contribution in [1.29, 1.82) is 0 Å². The van der Waals surface area contributed by atoms with E-state index in [4.69, 9.17) is 5.73 Å². The van der Waals surface area contributed by atoms with Crippen molar-refractivity contribution < 1.29 is 9.18 Å². The van der Waals surface area contributed by atoms with E-state index < -0.39 is 0 Å². The molecule has 116 valence electrons. The van der Waals surface area contributed by atoms with Crippen LogP contribution >= 0.6 is 0 Å². The summed E-state index contributed by atoms with van der Waals surface area (Å²) in [6.07, 6.45) is 1.97. The number of carbonyl (C=O) groups excluding carboxylic acids is 1. The largest absolute Gasteiger partial charge is 0.351 e. The van der Waals surface area contributed by atoms with E-state index in [9.17, 15) is 9.18 Å². The highest BCUT2D eigenvalue weighted by atomic mass is 19.1. The molecule has 2 atom stereocenters. The van der Waals surface area contributed by atoms with Gasteiger partial charge in [0, 0.05) is 31.2 Å². The van der Waals surface area contributed by atoms with Gasteiger partial charge in [-0.2, -0.15) is 0 Å². The third-order valence-electron chi connectivity index (χ3n) is 4.20. The summed E-state index contributed by atoms with van der Waals surface area (Å²) in [5.41, 5.74) is 6.58. The molecule has 4 nitrogen and oxygen atoms in total. The molecule has 1 aliphatic rings. The summed E-state index contributed by atoms with van der Waals surface area (Å²) in [7, 11) is 0.